The predicted molar refractivity (Wildman–Crippen MR) is 64.2 cm³/mol. The Bertz CT molecular complexity index is 506. The zero-order chi connectivity index (χ0) is 12.8. The molecule has 0 spiro atoms. The Labute approximate surface area is 100 Å². The van der Waals surface area contributed by atoms with Gasteiger partial charge >= 0.3 is 5.97 Å². The number of aliphatic carboxylic acids is 1. The maximum atomic E-state index is 11.4. The second kappa shape index (κ2) is 3.69. The number of carbonyl (C=O) groups is 2. The summed E-state index contributed by atoms with van der Waals surface area (Å²) in [6, 6.07) is 3.92. The van der Waals surface area contributed by atoms with Crippen LogP contribution in [0.5, 0.6) is 0 Å². The largest absolute Gasteiger partial charge is 0.481 e. The number of ketones is 1. The van der Waals surface area contributed by atoms with Crippen molar-refractivity contribution >= 4 is 11.8 Å². The van der Waals surface area contributed by atoms with Crippen LogP contribution in [0.25, 0.3) is 0 Å². The SMILES string of the molecule is Cc1cc(C)c(C2(C(=O)O)CC(=O)C2)cc1C. The molecule has 17 heavy (non-hydrogen) atoms. The normalized spacial score (nSPS) is 17.7. The fourth-order valence-electron chi connectivity index (χ4n) is 2.55. The van der Waals surface area contributed by atoms with Crippen LogP contribution in [0.15, 0.2) is 12.1 Å². The molecule has 3 nitrogen and oxygen atoms in total. The molecule has 0 atom stereocenters. The number of carbonyl (C=O) groups excluding carboxylic acids is 1. The second-order valence-electron chi connectivity index (χ2n) is 5.03. The van der Waals surface area contributed by atoms with E-state index in [-0.39, 0.29) is 18.6 Å². The molecular weight excluding hydrogens is 216 g/mol. The third-order valence-electron chi connectivity index (χ3n) is 3.76. The van der Waals surface area contributed by atoms with E-state index in [0.717, 1.165) is 22.3 Å². The molecule has 0 radical (unpaired) electrons. The smallest absolute Gasteiger partial charge is 0.315 e. The first-order chi connectivity index (χ1) is 7.86. The molecule has 0 amide bonds. The van der Waals surface area contributed by atoms with Crippen molar-refractivity contribution in [3.63, 3.8) is 0 Å². The third kappa shape index (κ3) is 1.66. The predicted octanol–water partition coefficient (Wildman–Crippen LogP) is 2.30. The van der Waals surface area contributed by atoms with Gasteiger partial charge in [0.1, 0.15) is 11.2 Å². The number of hydrogen-bond donors (Lipinski definition) is 1. The monoisotopic (exact) mass is 232 g/mol. The number of hydrogen-bond acceptors (Lipinski definition) is 2. The number of carboxylic acid groups (broad SMARTS) is 1. The van der Waals surface area contributed by atoms with Crippen molar-refractivity contribution in [1.82, 2.24) is 0 Å². The topological polar surface area (TPSA) is 54.4 Å². The average molecular weight is 232 g/mol. The van der Waals surface area contributed by atoms with Gasteiger partial charge in [-0.05, 0) is 43.0 Å². The maximum Gasteiger partial charge on any atom is 0.315 e. The molecule has 90 valence electrons. The van der Waals surface area contributed by atoms with Crippen molar-refractivity contribution in [2.75, 3.05) is 0 Å². The molecule has 1 aromatic carbocycles. The first kappa shape index (κ1) is 11.8. The zero-order valence-electron chi connectivity index (χ0n) is 10.3. The molecule has 1 aliphatic carbocycles. The van der Waals surface area contributed by atoms with Crippen LogP contribution in [0.2, 0.25) is 0 Å². The van der Waals surface area contributed by atoms with Gasteiger partial charge in [0.2, 0.25) is 0 Å². The van der Waals surface area contributed by atoms with Crippen LogP contribution in [-0.2, 0) is 15.0 Å². The van der Waals surface area contributed by atoms with Crippen LogP contribution in [0.1, 0.15) is 35.1 Å². The zero-order valence-corrected chi connectivity index (χ0v) is 10.3. The lowest BCUT2D eigenvalue weighted by Crippen LogP contribution is -2.48. The molecule has 0 aliphatic heterocycles. The summed E-state index contributed by atoms with van der Waals surface area (Å²) in [5.74, 6) is -0.853. The molecule has 0 bridgehead atoms. The van der Waals surface area contributed by atoms with E-state index in [1.54, 1.807) is 0 Å². The van der Waals surface area contributed by atoms with E-state index in [1.165, 1.54) is 0 Å². The quantitative estimate of drug-likeness (QED) is 0.851. The third-order valence-corrected chi connectivity index (χ3v) is 3.76. The van der Waals surface area contributed by atoms with Crippen molar-refractivity contribution in [3.05, 3.63) is 34.4 Å². The molecule has 1 aliphatic rings. The molecule has 2 rings (SSSR count). The summed E-state index contributed by atoms with van der Waals surface area (Å²) >= 11 is 0. The van der Waals surface area contributed by atoms with Gasteiger partial charge in [0.15, 0.2) is 0 Å². The summed E-state index contributed by atoms with van der Waals surface area (Å²) in [7, 11) is 0. The number of aryl methyl sites for hydroxylation is 3. The van der Waals surface area contributed by atoms with Gasteiger partial charge in [0.25, 0.3) is 0 Å². The fraction of sp³-hybridized carbons (Fsp3) is 0.429. The summed E-state index contributed by atoms with van der Waals surface area (Å²) < 4.78 is 0. The van der Waals surface area contributed by atoms with Crippen LogP contribution in [0.3, 0.4) is 0 Å². The first-order valence-electron chi connectivity index (χ1n) is 5.70. The van der Waals surface area contributed by atoms with E-state index in [0.29, 0.717) is 0 Å². The van der Waals surface area contributed by atoms with E-state index < -0.39 is 11.4 Å². The molecule has 1 fully saturated rings. The van der Waals surface area contributed by atoms with Crippen molar-refractivity contribution in [1.29, 1.82) is 0 Å². The number of benzene rings is 1. The summed E-state index contributed by atoms with van der Waals surface area (Å²) in [5, 5.41) is 9.39. The van der Waals surface area contributed by atoms with Gasteiger partial charge in [0.05, 0.1) is 0 Å². The molecule has 0 saturated heterocycles. The minimum absolute atomic E-state index is 0.0324. The lowest BCUT2D eigenvalue weighted by molar-refractivity contribution is -0.153. The van der Waals surface area contributed by atoms with Crippen LogP contribution in [-0.4, -0.2) is 16.9 Å². The molecule has 0 unspecified atom stereocenters. The number of rotatable bonds is 2. The number of Topliss-reactive ketones (excluding diaryl/α,β-unsaturated/α-hetero) is 1. The Morgan fingerprint density at radius 2 is 1.65 bits per heavy atom. The first-order valence-corrected chi connectivity index (χ1v) is 5.70. The highest BCUT2D eigenvalue weighted by Crippen LogP contribution is 2.43. The van der Waals surface area contributed by atoms with Crippen molar-refractivity contribution < 1.29 is 14.7 Å². The highest BCUT2D eigenvalue weighted by molar-refractivity contribution is 6.01. The summed E-state index contributed by atoms with van der Waals surface area (Å²) in [6.45, 7) is 5.88. The lowest BCUT2D eigenvalue weighted by Gasteiger charge is -2.38. The minimum Gasteiger partial charge on any atom is -0.481 e. The van der Waals surface area contributed by atoms with Gasteiger partial charge in [-0.3, -0.25) is 9.59 Å². The Morgan fingerprint density at radius 3 is 2.12 bits per heavy atom. The fourth-order valence-corrected chi connectivity index (χ4v) is 2.55. The Balaban J connectivity index is 2.56. The van der Waals surface area contributed by atoms with E-state index in [2.05, 4.69) is 0 Å². The van der Waals surface area contributed by atoms with Crippen molar-refractivity contribution in [2.45, 2.75) is 39.0 Å². The van der Waals surface area contributed by atoms with Gasteiger partial charge in [-0.25, -0.2) is 0 Å². The second-order valence-corrected chi connectivity index (χ2v) is 5.03. The van der Waals surface area contributed by atoms with E-state index >= 15 is 0 Å². The van der Waals surface area contributed by atoms with Crippen LogP contribution in [0, 0.1) is 20.8 Å². The van der Waals surface area contributed by atoms with Crippen LogP contribution < -0.4 is 0 Å². The Hall–Kier alpha value is -1.64. The molecule has 1 N–H and O–H groups in total. The lowest BCUT2D eigenvalue weighted by atomic mass is 9.62. The van der Waals surface area contributed by atoms with Crippen LogP contribution in [0.4, 0.5) is 0 Å². The molecule has 0 aromatic heterocycles. The number of carboxylic acids is 1. The summed E-state index contributed by atoms with van der Waals surface area (Å²) in [5.41, 5.74) is 3.01. The summed E-state index contributed by atoms with van der Waals surface area (Å²) in [6.07, 6.45) is 0.261. The Morgan fingerprint density at radius 1 is 1.12 bits per heavy atom. The van der Waals surface area contributed by atoms with E-state index in [4.69, 9.17) is 0 Å². The molecule has 1 saturated carbocycles. The summed E-state index contributed by atoms with van der Waals surface area (Å²) in [4.78, 5) is 22.6. The highest BCUT2D eigenvalue weighted by Gasteiger charge is 2.52. The van der Waals surface area contributed by atoms with E-state index in [9.17, 15) is 14.7 Å². The molecule has 1 aromatic rings. The van der Waals surface area contributed by atoms with Crippen molar-refractivity contribution in [3.8, 4) is 0 Å². The molecule has 3 heteroatoms. The van der Waals surface area contributed by atoms with Crippen LogP contribution >= 0.6 is 0 Å². The van der Waals surface area contributed by atoms with E-state index in [1.807, 2.05) is 32.9 Å². The van der Waals surface area contributed by atoms with Crippen molar-refractivity contribution in [2.24, 2.45) is 0 Å². The average Bonchev–Trinajstić information content (AvgIpc) is 2.18. The van der Waals surface area contributed by atoms with Gasteiger partial charge < -0.3 is 5.11 Å². The Kier molecular flexibility index (Phi) is 2.57. The van der Waals surface area contributed by atoms with Gasteiger partial charge in [-0.15, -0.1) is 0 Å². The standard InChI is InChI=1S/C14H16O3/c1-8-4-10(3)12(5-9(8)2)14(13(16)17)6-11(15)7-14/h4-5H,6-7H2,1-3H3,(H,16,17). The van der Waals surface area contributed by atoms with Gasteiger partial charge in [-0.1, -0.05) is 12.1 Å². The molecule has 0 heterocycles. The maximum absolute atomic E-state index is 11.4. The molecular formula is C14H16O3. The van der Waals surface area contributed by atoms with Gasteiger partial charge in [-0.2, -0.15) is 0 Å². The minimum atomic E-state index is -0.973. The highest BCUT2D eigenvalue weighted by atomic mass is 16.4. The van der Waals surface area contributed by atoms with Gasteiger partial charge in [0, 0.05) is 12.8 Å².